The van der Waals surface area contributed by atoms with Crippen molar-refractivity contribution < 1.29 is 14.5 Å². The monoisotopic (exact) mass is 417 g/mol. The number of hydrogen-bond acceptors (Lipinski definition) is 6. The number of methoxy groups -OCH3 is 1. The van der Waals surface area contributed by atoms with Gasteiger partial charge in [-0.2, -0.15) is 5.10 Å². The summed E-state index contributed by atoms with van der Waals surface area (Å²) in [7, 11) is 3.23. The summed E-state index contributed by atoms with van der Waals surface area (Å²) in [5.41, 5.74) is 3.68. The molecule has 31 heavy (non-hydrogen) atoms. The fourth-order valence-corrected chi connectivity index (χ4v) is 3.34. The van der Waals surface area contributed by atoms with E-state index in [1.165, 1.54) is 25.3 Å². The molecule has 2 heterocycles. The Hall–Kier alpha value is -4.27. The van der Waals surface area contributed by atoms with Crippen LogP contribution in [0.3, 0.4) is 0 Å². The average Bonchev–Trinajstić information content (AvgIpc) is 3.11. The lowest BCUT2D eigenvalue weighted by molar-refractivity contribution is -0.384. The molecule has 4 aromatic rings. The molecule has 1 N–H and O–H groups in total. The highest BCUT2D eigenvalue weighted by Gasteiger charge is 2.19. The Balaban J connectivity index is 1.79. The van der Waals surface area contributed by atoms with Crippen LogP contribution >= 0.6 is 0 Å². The molecule has 0 atom stereocenters. The number of pyridine rings is 1. The Morgan fingerprint density at radius 1 is 1.19 bits per heavy atom. The molecule has 156 valence electrons. The molecule has 0 aliphatic rings. The van der Waals surface area contributed by atoms with Crippen LogP contribution < -0.4 is 10.1 Å². The van der Waals surface area contributed by atoms with Gasteiger partial charge in [0, 0.05) is 29.8 Å². The van der Waals surface area contributed by atoms with Crippen LogP contribution in [0.2, 0.25) is 0 Å². The first kappa shape index (κ1) is 20.0. The standard InChI is InChI=1S/C22H19N5O4/c1-13-17(12-23-26(13)2)20-11-16(15-6-4-5-7-18(15)24-20)22(28)25-19-9-8-14(27(29)30)10-21(19)31-3/h4-12H,1-3H3,(H,25,28). The summed E-state index contributed by atoms with van der Waals surface area (Å²) in [6.07, 6.45) is 1.72. The molecule has 0 saturated carbocycles. The average molecular weight is 417 g/mol. The molecular weight excluding hydrogens is 398 g/mol. The molecule has 0 radical (unpaired) electrons. The van der Waals surface area contributed by atoms with Gasteiger partial charge >= 0.3 is 0 Å². The molecule has 4 rings (SSSR count). The van der Waals surface area contributed by atoms with Crippen molar-refractivity contribution in [2.45, 2.75) is 6.92 Å². The largest absolute Gasteiger partial charge is 0.494 e. The molecule has 2 aromatic carbocycles. The van der Waals surface area contributed by atoms with Gasteiger partial charge in [-0.25, -0.2) is 4.98 Å². The van der Waals surface area contributed by atoms with Crippen LogP contribution in [-0.4, -0.2) is 32.7 Å². The number of nitro groups is 1. The number of anilines is 1. The van der Waals surface area contributed by atoms with E-state index in [4.69, 9.17) is 9.72 Å². The van der Waals surface area contributed by atoms with Crippen molar-refractivity contribution in [1.82, 2.24) is 14.8 Å². The van der Waals surface area contributed by atoms with Gasteiger partial charge in [-0.05, 0) is 25.1 Å². The second-order valence-corrected chi connectivity index (χ2v) is 6.94. The quantitative estimate of drug-likeness (QED) is 0.386. The summed E-state index contributed by atoms with van der Waals surface area (Å²) >= 11 is 0. The SMILES string of the molecule is COc1cc([N+](=O)[O-])ccc1NC(=O)c1cc(-c2cnn(C)c2C)nc2ccccc12. The number of aryl methyl sites for hydroxylation is 1. The Bertz CT molecular complexity index is 1330. The van der Waals surface area contributed by atoms with Gasteiger partial charge in [-0.1, -0.05) is 18.2 Å². The Labute approximate surface area is 177 Å². The zero-order chi connectivity index (χ0) is 22.1. The normalized spacial score (nSPS) is 10.8. The first-order valence-electron chi connectivity index (χ1n) is 9.41. The smallest absolute Gasteiger partial charge is 0.273 e. The van der Waals surface area contributed by atoms with Gasteiger partial charge in [0.1, 0.15) is 5.75 Å². The van der Waals surface area contributed by atoms with E-state index in [1.807, 2.05) is 38.2 Å². The topological polar surface area (TPSA) is 112 Å². The highest BCUT2D eigenvalue weighted by atomic mass is 16.6. The molecule has 0 spiro atoms. The Morgan fingerprint density at radius 2 is 1.97 bits per heavy atom. The van der Waals surface area contributed by atoms with Gasteiger partial charge in [0.05, 0.1) is 46.8 Å². The first-order valence-corrected chi connectivity index (χ1v) is 9.41. The van der Waals surface area contributed by atoms with E-state index in [2.05, 4.69) is 10.4 Å². The van der Waals surface area contributed by atoms with Crippen molar-refractivity contribution in [2.75, 3.05) is 12.4 Å². The summed E-state index contributed by atoms with van der Waals surface area (Å²) in [6.45, 7) is 1.93. The number of aromatic nitrogens is 3. The number of nitro benzene ring substituents is 1. The van der Waals surface area contributed by atoms with E-state index in [0.717, 1.165) is 11.3 Å². The molecular formula is C22H19N5O4. The van der Waals surface area contributed by atoms with Crippen molar-refractivity contribution in [3.63, 3.8) is 0 Å². The van der Waals surface area contributed by atoms with Crippen LogP contribution in [0.5, 0.6) is 5.75 Å². The van der Waals surface area contributed by atoms with Gasteiger partial charge in [0.2, 0.25) is 0 Å². The number of nitrogens with zero attached hydrogens (tertiary/aromatic N) is 4. The van der Waals surface area contributed by atoms with E-state index in [9.17, 15) is 14.9 Å². The first-order chi connectivity index (χ1) is 14.9. The van der Waals surface area contributed by atoms with Crippen molar-refractivity contribution in [2.24, 2.45) is 7.05 Å². The van der Waals surface area contributed by atoms with Crippen molar-refractivity contribution >= 4 is 28.2 Å². The maximum atomic E-state index is 13.2. The molecule has 0 aliphatic heterocycles. The molecule has 2 aromatic heterocycles. The van der Waals surface area contributed by atoms with Crippen LogP contribution in [-0.2, 0) is 7.05 Å². The van der Waals surface area contributed by atoms with Crippen LogP contribution in [0.1, 0.15) is 16.1 Å². The zero-order valence-electron chi connectivity index (χ0n) is 17.1. The second-order valence-electron chi connectivity index (χ2n) is 6.94. The molecule has 9 nitrogen and oxygen atoms in total. The number of nitrogens with one attached hydrogen (secondary N) is 1. The van der Waals surface area contributed by atoms with Crippen LogP contribution in [0.4, 0.5) is 11.4 Å². The van der Waals surface area contributed by atoms with Gasteiger partial charge in [-0.15, -0.1) is 0 Å². The summed E-state index contributed by atoms with van der Waals surface area (Å²) in [5, 5.41) is 18.8. The van der Waals surface area contributed by atoms with Gasteiger partial charge in [0.25, 0.3) is 11.6 Å². The minimum atomic E-state index is -0.521. The highest BCUT2D eigenvalue weighted by molar-refractivity contribution is 6.13. The zero-order valence-corrected chi connectivity index (χ0v) is 17.1. The summed E-state index contributed by atoms with van der Waals surface area (Å²) in [6, 6.07) is 13.1. The van der Waals surface area contributed by atoms with Crippen LogP contribution in [0.25, 0.3) is 22.2 Å². The summed E-state index contributed by atoms with van der Waals surface area (Å²) < 4.78 is 6.97. The minimum absolute atomic E-state index is 0.126. The number of hydrogen-bond donors (Lipinski definition) is 1. The molecule has 0 unspecified atom stereocenters. The lowest BCUT2D eigenvalue weighted by Crippen LogP contribution is -2.14. The number of ether oxygens (including phenoxy) is 1. The van der Waals surface area contributed by atoms with Crippen LogP contribution in [0, 0.1) is 17.0 Å². The van der Waals surface area contributed by atoms with Crippen molar-refractivity contribution in [1.29, 1.82) is 0 Å². The number of fused-ring (bicyclic) bond motifs is 1. The van der Waals surface area contributed by atoms with E-state index in [0.29, 0.717) is 27.8 Å². The maximum absolute atomic E-state index is 13.2. The number of carbonyl (C=O) groups is 1. The molecule has 0 saturated heterocycles. The number of amides is 1. The Kier molecular flexibility index (Phi) is 5.08. The fourth-order valence-electron chi connectivity index (χ4n) is 3.34. The fraction of sp³-hybridized carbons (Fsp3) is 0.136. The van der Waals surface area contributed by atoms with Crippen LogP contribution in [0.15, 0.2) is 54.7 Å². The predicted molar refractivity (Wildman–Crippen MR) is 116 cm³/mol. The number of para-hydroxylation sites is 1. The predicted octanol–water partition coefficient (Wildman–Crippen LogP) is 4.11. The number of benzene rings is 2. The van der Waals surface area contributed by atoms with Gasteiger partial charge in [0.15, 0.2) is 0 Å². The van der Waals surface area contributed by atoms with E-state index in [1.54, 1.807) is 16.9 Å². The number of non-ortho nitro benzene ring substituents is 1. The van der Waals surface area contributed by atoms with E-state index in [-0.39, 0.29) is 17.3 Å². The minimum Gasteiger partial charge on any atom is -0.494 e. The third-order valence-electron chi connectivity index (χ3n) is 5.12. The molecule has 0 fully saturated rings. The van der Waals surface area contributed by atoms with Gasteiger partial charge in [-0.3, -0.25) is 19.6 Å². The van der Waals surface area contributed by atoms with E-state index < -0.39 is 4.92 Å². The number of carbonyl (C=O) groups excluding carboxylic acids is 1. The lowest BCUT2D eigenvalue weighted by Gasteiger charge is -2.12. The van der Waals surface area contributed by atoms with Crippen molar-refractivity contribution in [3.05, 3.63) is 76.1 Å². The molecule has 1 amide bonds. The molecule has 0 bridgehead atoms. The number of rotatable bonds is 5. The second kappa shape index (κ2) is 7.86. The summed E-state index contributed by atoms with van der Waals surface area (Å²) in [4.78, 5) is 28.4. The van der Waals surface area contributed by atoms with Gasteiger partial charge < -0.3 is 10.1 Å². The highest BCUT2D eigenvalue weighted by Crippen LogP contribution is 2.31. The maximum Gasteiger partial charge on any atom is 0.273 e. The molecule has 9 heteroatoms. The Morgan fingerprint density at radius 3 is 2.65 bits per heavy atom. The third kappa shape index (κ3) is 3.68. The third-order valence-corrected chi connectivity index (χ3v) is 5.12. The molecule has 0 aliphatic carbocycles. The summed E-state index contributed by atoms with van der Waals surface area (Å²) in [5.74, 6) is -0.183. The van der Waals surface area contributed by atoms with E-state index >= 15 is 0 Å². The lowest BCUT2D eigenvalue weighted by atomic mass is 10.0. The van der Waals surface area contributed by atoms with Crippen molar-refractivity contribution in [3.8, 4) is 17.0 Å².